The Kier molecular flexibility index (Phi) is 13.4. The fourth-order valence-electron chi connectivity index (χ4n) is 4.03. The van der Waals surface area contributed by atoms with Crippen LogP contribution in [0.25, 0.3) is 0 Å². The van der Waals surface area contributed by atoms with Gasteiger partial charge in [-0.25, -0.2) is 0 Å². The lowest BCUT2D eigenvalue weighted by atomic mass is 10.00. The van der Waals surface area contributed by atoms with Gasteiger partial charge in [0.15, 0.2) is 5.96 Å². The second-order valence-corrected chi connectivity index (χ2v) is 10.1. The standard InChI is InChI=1S/C29H42N6O5/c1-19(2)16-23(35-28(40)25(37)18-21-10-12-22(36)13-11-21)27(39)34-24(17-20-8-4-3-5-9-20)26(38)32-14-6-7-15-33-29(30)31/h3-5,8-13,19,23-25,36-37H,6-7,14-18H2,1-2H3,(H,32,38)(H,34,39)(H,35,40)(H4,30,31,33)/t23-,24+,25-/m1/s1. The van der Waals surface area contributed by atoms with Gasteiger partial charge in [-0.3, -0.25) is 19.4 Å². The number of benzene rings is 2. The molecule has 11 nitrogen and oxygen atoms in total. The van der Waals surface area contributed by atoms with Crippen molar-refractivity contribution in [2.75, 3.05) is 13.1 Å². The van der Waals surface area contributed by atoms with Crippen molar-refractivity contribution < 1.29 is 24.6 Å². The molecule has 2 rings (SSSR count). The van der Waals surface area contributed by atoms with Gasteiger partial charge in [-0.15, -0.1) is 0 Å². The van der Waals surface area contributed by atoms with Crippen molar-refractivity contribution in [2.45, 2.75) is 64.1 Å². The maximum atomic E-state index is 13.4. The second-order valence-electron chi connectivity index (χ2n) is 10.1. The number of rotatable bonds is 16. The molecule has 11 heteroatoms. The van der Waals surface area contributed by atoms with Gasteiger partial charge in [0.05, 0.1) is 0 Å². The van der Waals surface area contributed by atoms with E-state index in [-0.39, 0.29) is 36.4 Å². The Morgan fingerprint density at radius 3 is 2.08 bits per heavy atom. The molecule has 3 atom stereocenters. The van der Waals surface area contributed by atoms with Gasteiger partial charge >= 0.3 is 0 Å². The molecule has 40 heavy (non-hydrogen) atoms. The first kappa shape index (κ1) is 32.1. The maximum absolute atomic E-state index is 13.4. The average Bonchev–Trinajstić information content (AvgIpc) is 2.91. The Morgan fingerprint density at radius 1 is 0.825 bits per heavy atom. The highest BCUT2D eigenvalue weighted by atomic mass is 16.3. The molecule has 0 spiro atoms. The summed E-state index contributed by atoms with van der Waals surface area (Å²) in [6, 6.07) is 13.6. The van der Waals surface area contributed by atoms with Crippen molar-refractivity contribution in [2.24, 2.45) is 22.4 Å². The third kappa shape index (κ3) is 12.2. The van der Waals surface area contributed by atoms with E-state index in [4.69, 9.17) is 11.5 Å². The van der Waals surface area contributed by atoms with Gasteiger partial charge in [-0.05, 0) is 48.4 Å². The summed E-state index contributed by atoms with van der Waals surface area (Å²) in [6.07, 6.45) is 0.535. The molecular weight excluding hydrogens is 512 g/mol. The van der Waals surface area contributed by atoms with Crippen LogP contribution in [0, 0.1) is 5.92 Å². The number of aliphatic hydroxyl groups excluding tert-OH is 1. The van der Waals surface area contributed by atoms with E-state index < -0.39 is 30.0 Å². The number of hydrogen-bond donors (Lipinski definition) is 7. The number of hydrogen-bond acceptors (Lipinski definition) is 6. The number of nitrogens with one attached hydrogen (secondary N) is 3. The molecule has 0 bridgehead atoms. The van der Waals surface area contributed by atoms with E-state index in [9.17, 15) is 24.6 Å². The summed E-state index contributed by atoms with van der Waals surface area (Å²) in [5.74, 6) is -1.40. The highest BCUT2D eigenvalue weighted by Crippen LogP contribution is 2.12. The monoisotopic (exact) mass is 554 g/mol. The van der Waals surface area contributed by atoms with Crippen LogP contribution >= 0.6 is 0 Å². The molecule has 0 aliphatic carbocycles. The summed E-state index contributed by atoms with van der Waals surface area (Å²) in [5, 5.41) is 28.2. The molecule has 0 saturated heterocycles. The summed E-state index contributed by atoms with van der Waals surface area (Å²) in [5.41, 5.74) is 12.2. The number of phenols is 1. The summed E-state index contributed by atoms with van der Waals surface area (Å²) in [6.45, 7) is 4.67. The van der Waals surface area contributed by atoms with Crippen LogP contribution in [-0.2, 0) is 27.2 Å². The van der Waals surface area contributed by atoms with Gasteiger partial charge in [0.25, 0.3) is 0 Å². The lowest BCUT2D eigenvalue weighted by Crippen LogP contribution is -2.56. The van der Waals surface area contributed by atoms with E-state index in [0.29, 0.717) is 37.9 Å². The number of aromatic hydroxyl groups is 1. The predicted molar refractivity (Wildman–Crippen MR) is 154 cm³/mol. The van der Waals surface area contributed by atoms with Crippen molar-refractivity contribution in [3.05, 3.63) is 65.7 Å². The zero-order chi connectivity index (χ0) is 29.5. The fourth-order valence-corrected chi connectivity index (χ4v) is 4.03. The molecule has 0 saturated carbocycles. The number of nitrogens with zero attached hydrogens (tertiary/aromatic N) is 1. The topological polar surface area (TPSA) is 192 Å². The van der Waals surface area contributed by atoms with Crippen LogP contribution in [-0.4, -0.2) is 65.2 Å². The predicted octanol–water partition coefficient (Wildman–Crippen LogP) is 0.724. The third-order valence-corrected chi connectivity index (χ3v) is 6.10. The zero-order valence-electron chi connectivity index (χ0n) is 23.2. The number of aliphatic imine (C=N–C) groups is 1. The van der Waals surface area contributed by atoms with Crippen LogP contribution in [0.3, 0.4) is 0 Å². The molecule has 0 heterocycles. The normalized spacial score (nSPS) is 13.1. The molecular formula is C29H42N6O5. The van der Waals surface area contributed by atoms with Crippen LogP contribution < -0.4 is 27.4 Å². The Balaban J connectivity index is 2.06. The van der Waals surface area contributed by atoms with Crippen molar-refractivity contribution in [1.29, 1.82) is 0 Å². The number of aliphatic hydroxyl groups is 1. The smallest absolute Gasteiger partial charge is 0.249 e. The van der Waals surface area contributed by atoms with Crippen LogP contribution in [0.15, 0.2) is 59.6 Å². The molecule has 2 aromatic carbocycles. The summed E-state index contributed by atoms with van der Waals surface area (Å²) in [7, 11) is 0. The summed E-state index contributed by atoms with van der Waals surface area (Å²) >= 11 is 0. The first-order chi connectivity index (χ1) is 19.0. The van der Waals surface area contributed by atoms with Gasteiger partial charge in [0.2, 0.25) is 17.7 Å². The Labute approximate surface area is 235 Å². The fraction of sp³-hybridized carbons (Fsp3) is 0.448. The van der Waals surface area contributed by atoms with Gasteiger partial charge in [-0.2, -0.15) is 0 Å². The van der Waals surface area contributed by atoms with Crippen LogP contribution in [0.5, 0.6) is 5.75 Å². The van der Waals surface area contributed by atoms with Gasteiger partial charge in [-0.1, -0.05) is 56.3 Å². The first-order valence-electron chi connectivity index (χ1n) is 13.5. The number of guanidine groups is 1. The molecule has 0 aliphatic heterocycles. The molecule has 0 fully saturated rings. The SMILES string of the molecule is CC(C)C[C@@H](NC(=O)[C@H](O)Cc1ccc(O)cc1)C(=O)N[C@@H](Cc1ccccc1)C(=O)NCCCCN=C(N)N. The number of amides is 3. The quantitative estimate of drug-likeness (QED) is 0.0903. The Morgan fingerprint density at radius 2 is 1.45 bits per heavy atom. The van der Waals surface area contributed by atoms with Crippen molar-refractivity contribution in [3.63, 3.8) is 0 Å². The lowest BCUT2D eigenvalue weighted by Gasteiger charge is -2.25. The minimum Gasteiger partial charge on any atom is -0.508 e. The minimum atomic E-state index is -1.39. The van der Waals surface area contributed by atoms with E-state index in [2.05, 4.69) is 20.9 Å². The molecule has 2 aromatic rings. The van der Waals surface area contributed by atoms with E-state index in [1.807, 2.05) is 44.2 Å². The molecule has 218 valence electrons. The lowest BCUT2D eigenvalue weighted by molar-refractivity contribution is -0.135. The number of carbonyl (C=O) groups excluding carboxylic acids is 3. The molecule has 0 radical (unpaired) electrons. The molecule has 0 unspecified atom stereocenters. The minimum absolute atomic E-state index is 0.0182. The average molecular weight is 555 g/mol. The Hall–Kier alpha value is -4.12. The van der Waals surface area contributed by atoms with Crippen molar-refractivity contribution in [1.82, 2.24) is 16.0 Å². The van der Waals surface area contributed by atoms with Gasteiger partial charge in [0, 0.05) is 25.9 Å². The zero-order valence-corrected chi connectivity index (χ0v) is 23.2. The van der Waals surface area contributed by atoms with Crippen molar-refractivity contribution >= 4 is 23.7 Å². The summed E-state index contributed by atoms with van der Waals surface area (Å²) < 4.78 is 0. The molecule has 0 aliphatic rings. The Bertz CT molecular complexity index is 1100. The molecule has 3 amide bonds. The van der Waals surface area contributed by atoms with E-state index in [0.717, 1.165) is 5.56 Å². The van der Waals surface area contributed by atoms with Crippen molar-refractivity contribution in [3.8, 4) is 5.75 Å². The number of nitrogens with two attached hydrogens (primary N) is 2. The largest absolute Gasteiger partial charge is 0.508 e. The van der Waals surface area contributed by atoms with Crippen LogP contribution in [0.4, 0.5) is 0 Å². The van der Waals surface area contributed by atoms with Crippen LogP contribution in [0.1, 0.15) is 44.2 Å². The first-order valence-corrected chi connectivity index (χ1v) is 13.5. The second kappa shape index (κ2) is 16.8. The van der Waals surface area contributed by atoms with E-state index in [1.54, 1.807) is 12.1 Å². The highest BCUT2D eigenvalue weighted by molar-refractivity contribution is 5.93. The van der Waals surface area contributed by atoms with Gasteiger partial charge < -0.3 is 37.6 Å². The van der Waals surface area contributed by atoms with Gasteiger partial charge in [0.1, 0.15) is 23.9 Å². The van der Waals surface area contributed by atoms with E-state index in [1.165, 1.54) is 12.1 Å². The number of unbranched alkanes of at least 4 members (excludes halogenated alkanes) is 1. The molecule has 0 aromatic heterocycles. The number of carbonyl (C=O) groups is 3. The van der Waals surface area contributed by atoms with E-state index >= 15 is 0 Å². The maximum Gasteiger partial charge on any atom is 0.249 e. The highest BCUT2D eigenvalue weighted by Gasteiger charge is 2.29. The third-order valence-electron chi connectivity index (χ3n) is 6.10. The summed E-state index contributed by atoms with van der Waals surface area (Å²) in [4.78, 5) is 43.2. The number of phenolic OH excluding ortho intramolecular Hbond substituents is 1. The van der Waals surface area contributed by atoms with Crippen LogP contribution in [0.2, 0.25) is 0 Å². The molecule has 9 N–H and O–H groups in total.